The predicted molar refractivity (Wildman–Crippen MR) is 64.8 cm³/mol. The first kappa shape index (κ1) is 12.5. The molecule has 0 aromatic heterocycles. The van der Waals surface area contributed by atoms with E-state index in [9.17, 15) is 4.79 Å². The summed E-state index contributed by atoms with van der Waals surface area (Å²) in [5.74, 6) is 1.73. The highest BCUT2D eigenvalue weighted by Gasteiger charge is 2.24. The van der Waals surface area contributed by atoms with Gasteiger partial charge in [-0.2, -0.15) is 0 Å². The van der Waals surface area contributed by atoms with Crippen molar-refractivity contribution in [1.82, 2.24) is 0 Å². The van der Waals surface area contributed by atoms with Crippen LogP contribution in [-0.2, 0) is 4.79 Å². The molecular weight excluding hydrogens is 184 g/mol. The minimum Gasteiger partial charge on any atom is -0.299 e. The van der Waals surface area contributed by atoms with Gasteiger partial charge in [0, 0.05) is 12.3 Å². The summed E-state index contributed by atoms with van der Waals surface area (Å²) in [5.41, 5.74) is 1.13. The van der Waals surface area contributed by atoms with Crippen LogP contribution in [0.25, 0.3) is 0 Å². The maximum absolute atomic E-state index is 11.9. The van der Waals surface area contributed by atoms with Gasteiger partial charge in [0.25, 0.3) is 0 Å². The third kappa shape index (κ3) is 4.19. The number of rotatable bonds is 5. The Morgan fingerprint density at radius 3 is 2.27 bits per heavy atom. The van der Waals surface area contributed by atoms with Gasteiger partial charge >= 0.3 is 0 Å². The van der Waals surface area contributed by atoms with Crippen LogP contribution in [0.1, 0.15) is 58.8 Å². The standard InChI is InChI=1S/C14H24O/c1-4-12-6-8-13(9-7-12)14(15)10-5-11(2)3/h12-13H,2,4-10H2,1,3H3. The summed E-state index contributed by atoms with van der Waals surface area (Å²) in [4.78, 5) is 11.9. The van der Waals surface area contributed by atoms with Crippen LogP contribution in [0.5, 0.6) is 0 Å². The van der Waals surface area contributed by atoms with E-state index in [0.29, 0.717) is 11.7 Å². The molecule has 1 fully saturated rings. The van der Waals surface area contributed by atoms with Gasteiger partial charge in [0.05, 0.1) is 0 Å². The van der Waals surface area contributed by atoms with Crippen LogP contribution < -0.4 is 0 Å². The van der Waals surface area contributed by atoms with Crippen molar-refractivity contribution in [3.8, 4) is 0 Å². The Labute approximate surface area is 93.9 Å². The van der Waals surface area contributed by atoms with Gasteiger partial charge in [-0.3, -0.25) is 4.79 Å². The van der Waals surface area contributed by atoms with E-state index in [1.165, 1.54) is 19.3 Å². The summed E-state index contributed by atoms with van der Waals surface area (Å²) < 4.78 is 0. The molecule has 0 atom stereocenters. The molecule has 1 nitrogen and oxygen atoms in total. The number of hydrogen-bond donors (Lipinski definition) is 0. The smallest absolute Gasteiger partial charge is 0.136 e. The van der Waals surface area contributed by atoms with E-state index in [4.69, 9.17) is 0 Å². The van der Waals surface area contributed by atoms with E-state index in [1.807, 2.05) is 6.92 Å². The fourth-order valence-electron chi connectivity index (χ4n) is 2.43. The lowest BCUT2D eigenvalue weighted by molar-refractivity contribution is -0.124. The van der Waals surface area contributed by atoms with Crippen LogP contribution in [0, 0.1) is 11.8 Å². The van der Waals surface area contributed by atoms with E-state index < -0.39 is 0 Å². The van der Waals surface area contributed by atoms with Crippen molar-refractivity contribution in [3.63, 3.8) is 0 Å². The van der Waals surface area contributed by atoms with Gasteiger partial charge in [0.1, 0.15) is 5.78 Å². The Morgan fingerprint density at radius 1 is 1.20 bits per heavy atom. The van der Waals surface area contributed by atoms with Crippen LogP contribution in [0.3, 0.4) is 0 Å². The maximum Gasteiger partial charge on any atom is 0.136 e. The zero-order valence-electron chi connectivity index (χ0n) is 10.2. The van der Waals surface area contributed by atoms with Gasteiger partial charge in [0.15, 0.2) is 0 Å². The maximum atomic E-state index is 11.9. The van der Waals surface area contributed by atoms with Crippen molar-refractivity contribution < 1.29 is 4.79 Å². The summed E-state index contributed by atoms with van der Waals surface area (Å²) in [6, 6.07) is 0. The molecule has 0 saturated heterocycles. The minimum absolute atomic E-state index is 0.368. The summed E-state index contributed by atoms with van der Waals surface area (Å²) in [6.45, 7) is 8.10. The minimum atomic E-state index is 0.368. The molecule has 0 heterocycles. The van der Waals surface area contributed by atoms with Crippen LogP contribution in [-0.4, -0.2) is 5.78 Å². The number of carbonyl (C=O) groups excluding carboxylic acids is 1. The van der Waals surface area contributed by atoms with Crippen molar-refractivity contribution in [2.24, 2.45) is 11.8 Å². The Hall–Kier alpha value is -0.590. The molecule has 0 unspecified atom stereocenters. The highest BCUT2D eigenvalue weighted by atomic mass is 16.1. The lowest BCUT2D eigenvalue weighted by Gasteiger charge is -2.26. The lowest BCUT2D eigenvalue weighted by atomic mass is 9.78. The fraction of sp³-hybridized carbons (Fsp3) is 0.786. The molecule has 0 aromatic rings. The highest BCUT2D eigenvalue weighted by Crippen LogP contribution is 2.31. The molecule has 0 radical (unpaired) electrons. The van der Waals surface area contributed by atoms with Gasteiger partial charge in [-0.1, -0.05) is 18.9 Å². The van der Waals surface area contributed by atoms with Crippen LogP contribution in [0.15, 0.2) is 12.2 Å². The average molecular weight is 208 g/mol. The SMILES string of the molecule is C=C(C)CCC(=O)C1CCC(CC)CC1. The third-order valence-corrected chi connectivity index (χ3v) is 3.68. The molecule has 0 amide bonds. The van der Waals surface area contributed by atoms with Gasteiger partial charge in [-0.05, 0) is 44.9 Å². The Kier molecular flexibility index (Phi) is 5.07. The van der Waals surface area contributed by atoms with Crippen molar-refractivity contribution in [1.29, 1.82) is 0 Å². The molecule has 86 valence electrons. The van der Waals surface area contributed by atoms with Gasteiger partial charge in [-0.15, -0.1) is 6.58 Å². The van der Waals surface area contributed by atoms with E-state index in [2.05, 4.69) is 13.5 Å². The molecule has 0 aliphatic heterocycles. The zero-order chi connectivity index (χ0) is 11.3. The Morgan fingerprint density at radius 2 is 1.80 bits per heavy atom. The topological polar surface area (TPSA) is 17.1 Å². The summed E-state index contributed by atoms with van der Waals surface area (Å²) in [7, 11) is 0. The third-order valence-electron chi connectivity index (χ3n) is 3.68. The number of Topliss-reactive ketones (excluding diaryl/α,β-unsaturated/α-hetero) is 1. The first-order chi connectivity index (χ1) is 7.13. The summed E-state index contributed by atoms with van der Waals surface area (Å²) in [6.07, 6.45) is 7.68. The van der Waals surface area contributed by atoms with E-state index in [1.54, 1.807) is 0 Å². The zero-order valence-corrected chi connectivity index (χ0v) is 10.2. The summed E-state index contributed by atoms with van der Waals surface area (Å²) in [5, 5.41) is 0. The molecule has 0 bridgehead atoms. The molecule has 1 aliphatic rings. The van der Waals surface area contributed by atoms with Gasteiger partial charge in [0.2, 0.25) is 0 Å². The number of carbonyl (C=O) groups is 1. The second-order valence-electron chi connectivity index (χ2n) is 5.05. The lowest BCUT2D eigenvalue weighted by Crippen LogP contribution is -2.21. The van der Waals surface area contributed by atoms with Crippen LogP contribution in [0.2, 0.25) is 0 Å². The van der Waals surface area contributed by atoms with Crippen molar-refractivity contribution in [2.75, 3.05) is 0 Å². The fourth-order valence-corrected chi connectivity index (χ4v) is 2.43. The van der Waals surface area contributed by atoms with E-state index in [-0.39, 0.29) is 0 Å². The second kappa shape index (κ2) is 6.09. The van der Waals surface area contributed by atoms with Crippen molar-refractivity contribution in [3.05, 3.63) is 12.2 Å². The molecule has 0 N–H and O–H groups in total. The molecular formula is C14H24O. The molecule has 0 spiro atoms. The van der Waals surface area contributed by atoms with Crippen molar-refractivity contribution >= 4 is 5.78 Å². The molecule has 1 heteroatoms. The molecule has 1 aliphatic carbocycles. The molecule has 1 rings (SSSR count). The Balaban J connectivity index is 2.27. The first-order valence-corrected chi connectivity index (χ1v) is 6.30. The number of hydrogen-bond acceptors (Lipinski definition) is 1. The normalized spacial score (nSPS) is 26.3. The van der Waals surface area contributed by atoms with Crippen molar-refractivity contribution in [2.45, 2.75) is 58.8 Å². The molecule has 1 saturated carbocycles. The molecule has 15 heavy (non-hydrogen) atoms. The number of allylic oxidation sites excluding steroid dienone is 1. The largest absolute Gasteiger partial charge is 0.299 e. The first-order valence-electron chi connectivity index (χ1n) is 6.30. The van der Waals surface area contributed by atoms with Crippen LogP contribution >= 0.6 is 0 Å². The Bertz CT molecular complexity index is 221. The van der Waals surface area contributed by atoms with E-state index in [0.717, 1.165) is 37.2 Å². The quantitative estimate of drug-likeness (QED) is 0.621. The molecule has 0 aromatic carbocycles. The monoisotopic (exact) mass is 208 g/mol. The average Bonchev–Trinajstić information content (AvgIpc) is 2.26. The summed E-state index contributed by atoms with van der Waals surface area (Å²) >= 11 is 0. The van der Waals surface area contributed by atoms with E-state index >= 15 is 0 Å². The van der Waals surface area contributed by atoms with Gasteiger partial charge in [-0.25, -0.2) is 0 Å². The predicted octanol–water partition coefficient (Wildman–Crippen LogP) is 4.13. The van der Waals surface area contributed by atoms with Crippen LogP contribution in [0.4, 0.5) is 0 Å². The van der Waals surface area contributed by atoms with Gasteiger partial charge < -0.3 is 0 Å². The highest BCUT2D eigenvalue weighted by molar-refractivity contribution is 5.81. The number of ketones is 1. The second-order valence-corrected chi connectivity index (χ2v) is 5.05.